The van der Waals surface area contributed by atoms with Gasteiger partial charge in [0.25, 0.3) is 5.91 Å². The number of rotatable bonds is 6. The normalized spacial score (nSPS) is 14.3. The zero-order valence-electron chi connectivity index (χ0n) is 17.1. The van der Waals surface area contributed by atoms with Crippen LogP contribution in [0, 0.1) is 5.82 Å². The molecule has 2 aromatic carbocycles. The van der Waals surface area contributed by atoms with E-state index in [9.17, 15) is 19.1 Å². The molecule has 8 heteroatoms. The minimum absolute atomic E-state index is 0.234. The number of anilines is 2. The Morgan fingerprint density at radius 3 is 2.44 bits per heavy atom. The number of halogens is 2. The SMILES string of the molecule is O=C(Nc1ccc(C2(C(=O)Nc3ccc(F)cc3)CCC2)nc1CO)c1cccc(Cl)c1. The van der Waals surface area contributed by atoms with Crippen LogP contribution in [0.25, 0.3) is 0 Å². The molecule has 1 aromatic heterocycles. The molecule has 32 heavy (non-hydrogen) atoms. The number of amides is 2. The summed E-state index contributed by atoms with van der Waals surface area (Å²) < 4.78 is 13.2. The standard InChI is InChI=1S/C24H21ClFN3O3/c25-16-4-1-3-15(13-16)22(31)29-19-9-10-21(28-20(19)14-30)24(11-2-12-24)23(32)27-18-7-5-17(26)6-8-18/h1,3-10,13,30H,2,11-12,14H2,(H,27,32)(H,29,31). The second-order valence-corrected chi connectivity index (χ2v) is 8.15. The molecular weight excluding hydrogens is 433 g/mol. The number of pyridine rings is 1. The first kappa shape index (κ1) is 21.9. The Labute approximate surface area is 189 Å². The predicted octanol–water partition coefficient (Wildman–Crippen LogP) is 4.68. The monoisotopic (exact) mass is 453 g/mol. The number of benzene rings is 2. The van der Waals surface area contributed by atoms with Crippen LogP contribution in [0.5, 0.6) is 0 Å². The van der Waals surface area contributed by atoms with E-state index < -0.39 is 12.0 Å². The number of nitrogens with one attached hydrogen (secondary N) is 2. The minimum atomic E-state index is -0.839. The van der Waals surface area contributed by atoms with Gasteiger partial charge < -0.3 is 15.7 Å². The summed E-state index contributed by atoms with van der Waals surface area (Å²) in [5, 5.41) is 15.9. The molecule has 2 amide bonds. The van der Waals surface area contributed by atoms with Crippen molar-refractivity contribution in [2.24, 2.45) is 0 Å². The third-order valence-corrected chi connectivity index (χ3v) is 5.93. The van der Waals surface area contributed by atoms with Crippen molar-refractivity contribution in [3.63, 3.8) is 0 Å². The van der Waals surface area contributed by atoms with Crippen LogP contribution in [0.1, 0.15) is 41.0 Å². The molecule has 0 aliphatic heterocycles. The zero-order valence-corrected chi connectivity index (χ0v) is 17.8. The molecule has 6 nitrogen and oxygen atoms in total. The van der Waals surface area contributed by atoms with E-state index in [4.69, 9.17) is 11.6 Å². The second-order valence-electron chi connectivity index (χ2n) is 7.71. The number of carbonyl (C=O) groups is 2. The van der Waals surface area contributed by atoms with E-state index in [1.807, 2.05) is 0 Å². The maximum atomic E-state index is 13.2. The second kappa shape index (κ2) is 9.06. The van der Waals surface area contributed by atoms with Crippen LogP contribution in [-0.4, -0.2) is 21.9 Å². The Morgan fingerprint density at radius 1 is 1.06 bits per heavy atom. The number of nitrogens with zero attached hydrogens (tertiary/aromatic N) is 1. The van der Waals surface area contributed by atoms with E-state index in [-0.39, 0.29) is 23.3 Å². The summed E-state index contributed by atoms with van der Waals surface area (Å²) in [5.41, 5.74) is 1.17. The summed E-state index contributed by atoms with van der Waals surface area (Å²) in [6.45, 7) is -0.408. The molecular formula is C24H21ClFN3O3. The van der Waals surface area contributed by atoms with E-state index in [2.05, 4.69) is 15.6 Å². The smallest absolute Gasteiger partial charge is 0.255 e. The highest BCUT2D eigenvalue weighted by atomic mass is 35.5. The Kier molecular flexibility index (Phi) is 6.21. The van der Waals surface area contributed by atoms with E-state index in [0.717, 1.165) is 6.42 Å². The fourth-order valence-electron chi connectivity index (χ4n) is 3.74. The van der Waals surface area contributed by atoms with Crippen molar-refractivity contribution in [1.82, 2.24) is 4.98 Å². The van der Waals surface area contributed by atoms with Crippen LogP contribution in [0.3, 0.4) is 0 Å². The molecule has 1 aliphatic rings. The lowest BCUT2D eigenvalue weighted by atomic mass is 9.65. The lowest BCUT2D eigenvalue weighted by Crippen LogP contribution is -2.46. The Morgan fingerprint density at radius 2 is 1.81 bits per heavy atom. The average Bonchev–Trinajstić information content (AvgIpc) is 2.75. The van der Waals surface area contributed by atoms with Gasteiger partial charge in [0.1, 0.15) is 5.82 Å². The summed E-state index contributed by atoms with van der Waals surface area (Å²) in [6, 6.07) is 15.4. The average molecular weight is 454 g/mol. The molecule has 0 saturated heterocycles. The predicted molar refractivity (Wildman–Crippen MR) is 120 cm³/mol. The zero-order chi connectivity index (χ0) is 22.7. The molecule has 1 aliphatic carbocycles. The molecule has 3 N–H and O–H groups in total. The summed E-state index contributed by atoms with van der Waals surface area (Å²) in [4.78, 5) is 30.2. The van der Waals surface area contributed by atoms with Gasteiger partial charge in [-0.2, -0.15) is 0 Å². The summed E-state index contributed by atoms with van der Waals surface area (Å²) in [5.74, 6) is -1.00. The molecule has 0 unspecified atom stereocenters. The molecule has 0 atom stereocenters. The van der Waals surface area contributed by atoms with Gasteiger partial charge in [-0.15, -0.1) is 0 Å². The number of hydrogen-bond acceptors (Lipinski definition) is 4. The lowest BCUT2D eigenvalue weighted by molar-refractivity contribution is -0.124. The molecule has 4 rings (SSSR count). The largest absolute Gasteiger partial charge is 0.390 e. The number of hydrogen-bond donors (Lipinski definition) is 3. The topological polar surface area (TPSA) is 91.3 Å². The Bertz CT molecular complexity index is 1160. The van der Waals surface area contributed by atoms with Crippen molar-refractivity contribution in [2.45, 2.75) is 31.3 Å². The molecule has 3 aromatic rings. The van der Waals surface area contributed by atoms with Gasteiger partial charge in [0.15, 0.2) is 0 Å². The van der Waals surface area contributed by atoms with Gasteiger partial charge in [0, 0.05) is 16.3 Å². The quantitative estimate of drug-likeness (QED) is 0.505. The first-order valence-corrected chi connectivity index (χ1v) is 10.5. The number of aliphatic hydroxyl groups is 1. The third kappa shape index (κ3) is 4.35. The Balaban J connectivity index is 1.57. The first-order chi connectivity index (χ1) is 15.4. The molecule has 0 bridgehead atoms. The molecule has 1 heterocycles. The minimum Gasteiger partial charge on any atom is -0.390 e. The summed E-state index contributed by atoms with van der Waals surface area (Å²) in [7, 11) is 0. The molecule has 164 valence electrons. The third-order valence-electron chi connectivity index (χ3n) is 5.69. The van der Waals surface area contributed by atoms with Crippen molar-refractivity contribution in [3.8, 4) is 0 Å². The van der Waals surface area contributed by atoms with Gasteiger partial charge in [-0.3, -0.25) is 14.6 Å². The van der Waals surface area contributed by atoms with Crippen molar-refractivity contribution in [2.75, 3.05) is 10.6 Å². The van der Waals surface area contributed by atoms with Crippen LogP contribution < -0.4 is 10.6 Å². The Hall–Kier alpha value is -3.29. The highest BCUT2D eigenvalue weighted by Gasteiger charge is 2.47. The van der Waals surface area contributed by atoms with Crippen molar-refractivity contribution in [1.29, 1.82) is 0 Å². The van der Waals surface area contributed by atoms with Crippen LogP contribution in [0.2, 0.25) is 5.02 Å². The van der Waals surface area contributed by atoms with Crippen LogP contribution in [0.4, 0.5) is 15.8 Å². The molecule has 1 saturated carbocycles. The van der Waals surface area contributed by atoms with Crippen molar-refractivity contribution in [3.05, 3.63) is 88.5 Å². The number of aromatic nitrogens is 1. The van der Waals surface area contributed by atoms with Crippen LogP contribution in [-0.2, 0) is 16.8 Å². The lowest BCUT2D eigenvalue weighted by Gasteiger charge is -2.40. The van der Waals surface area contributed by atoms with E-state index in [1.54, 1.807) is 36.4 Å². The van der Waals surface area contributed by atoms with Gasteiger partial charge >= 0.3 is 0 Å². The number of aliphatic hydroxyl groups excluding tert-OH is 1. The van der Waals surface area contributed by atoms with Crippen molar-refractivity contribution < 1.29 is 19.1 Å². The maximum absolute atomic E-state index is 13.2. The fourth-order valence-corrected chi connectivity index (χ4v) is 3.93. The maximum Gasteiger partial charge on any atom is 0.255 e. The fraction of sp³-hybridized carbons (Fsp3) is 0.208. The molecule has 0 radical (unpaired) electrons. The van der Waals surface area contributed by atoms with Gasteiger partial charge in [-0.05, 0) is 67.4 Å². The number of carbonyl (C=O) groups excluding carboxylic acids is 2. The van der Waals surface area contributed by atoms with E-state index in [1.165, 1.54) is 24.3 Å². The van der Waals surface area contributed by atoms with Crippen LogP contribution in [0.15, 0.2) is 60.7 Å². The van der Waals surface area contributed by atoms with Gasteiger partial charge in [-0.25, -0.2) is 4.39 Å². The van der Waals surface area contributed by atoms with E-state index in [0.29, 0.717) is 40.5 Å². The van der Waals surface area contributed by atoms with E-state index >= 15 is 0 Å². The van der Waals surface area contributed by atoms with Gasteiger partial charge in [0.2, 0.25) is 5.91 Å². The highest BCUT2D eigenvalue weighted by molar-refractivity contribution is 6.31. The molecule has 0 spiro atoms. The van der Waals surface area contributed by atoms with Gasteiger partial charge in [-0.1, -0.05) is 24.1 Å². The summed E-state index contributed by atoms with van der Waals surface area (Å²) >= 11 is 5.95. The summed E-state index contributed by atoms with van der Waals surface area (Å²) in [6.07, 6.45) is 2.07. The van der Waals surface area contributed by atoms with Gasteiger partial charge in [0.05, 0.1) is 29.1 Å². The highest BCUT2D eigenvalue weighted by Crippen LogP contribution is 2.44. The molecule has 1 fully saturated rings. The van der Waals surface area contributed by atoms with Crippen LogP contribution >= 0.6 is 11.6 Å². The van der Waals surface area contributed by atoms with Crippen molar-refractivity contribution >= 4 is 34.8 Å². The first-order valence-electron chi connectivity index (χ1n) is 10.2.